The minimum Gasteiger partial charge on any atom is -0.491 e. The second kappa shape index (κ2) is 11.6. The first kappa shape index (κ1) is 29.8. The van der Waals surface area contributed by atoms with Crippen LogP contribution in [-0.2, 0) is 0 Å². The number of ether oxygens (including phenoxy) is 1. The van der Waals surface area contributed by atoms with Crippen LogP contribution in [0.5, 0.6) is 5.75 Å². The average molecular weight is 647 g/mol. The summed E-state index contributed by atoms with van der Waals surface area (Å²) in [5, 5.41) is 16.1. The molecule has 2 aliphatic heterocycles. The molecule has 0 radical (unpaired) electrons. The largest absolute Gasteiger partial charge is 0.491 e. The van der Waals surface area contributed by atoms with Crippen molar-refractivity contribution in [2.75, 3.05) is 38.6 Å². The second-order valence-corrected chi connectivity index (χ2v) is 12.6. The van der Waals surface area contributed by atoms with Crippen LogP contribution in [0.4, 0.5) is 5.69 Å². The number of carbonyl (C=O) groups is 2. The summed E-state index contributed by atoms with van der Waals surface area (Å²) >= 11 is 0. The summed E-state index contributed by atoms with van der Waals surface area (Å²) in [5.74, 6) is 0.275. The van der Waals surface area contributed by atoms with Crippen LogP contribution in [0.3, 0.4) is 0 Å². The van der Waals surface area contributed by atoms with E-state index in [0.29, 0.717) is 33.6 Å². The number of piperidine rings is 1. The number of hydrogen-bond donors (Lipinski definition) is 5. The Morgan fingerprint density at radius 2 is 1.79 bits per heavy atom. The lowest BCUT2D eigenvalue weighted by Gasteiger charge is -2.33. The van der Waals surface area contributed by atoms with Crippen LogP contribution in [0, 0.1) is 6.92 Å². The van der Waals surface area contributed by atoms with Gasteiger partial charge in [0.25, 0.3) is 17.4 Å². The van der Waals surface area contributed by atoms with Gasteiger partial charge in [0.2, 0.25) is 0 Å². The van der Waals surface area contributed by atoms with Crippen LogP contribution in [-0.4, -0.2) is 97.1 Å². The molecule has 6 heterocycles. The van der Waals surface area contributed by atoms with Gasteiger partial charge in [0.05, 0.1) is 44.6 Å². The van der Waals surface area contributed by atoms with Crippen molar-refractivity contribution in [3.63, 3.8) is 0 Å². The highest BCUT2D eigenvalue weighted by Crippen LogP contribution is 2.33. The minimum atomic E-state index is -0.898. The molecule has 13 heteroatoms. The van der Waals surface area contributed by atoms with Crippen LogP contribution >= 0.6 is 0 Å². The molecule has 5 N–H and O–H groups in total. The van der Waals surface area contributed by atoms with Crippen LogP contribution < -0.4 is 15.6 Å². The van der Waals surface area contributed by atoms with Crippen LogP contribution in [0.15, 0.2) is 59.7 Å². The number of amides is 2. The normalized spacial score (nSPS) is 16.4. The first-order valence-corrected chi connectivity index (χ1v) is 16.0. The Hall–Kier alpha value is -5.53. The molecule has 244 valence electrons. The monoisotopic (exact) mass is 646 g/mol. The van der Waals surface area contributed by atoms with Gasteiger partial charge in [-0.3, -0.25) is 24.3 Å². The number of aryl methyl sites for hydroxylation is 1. The zero-order valence-electron chi connectivity index (χ0n) is 26.5. The van der Waals surface area contributed by atoms with E-state index in [0.717, 1.165) is 53.4 Å². The summed E-state index contributed by atoms with van der Waals surface area (Å²) in [6.45, 7) is 3.73. The number of fused-ring (bicyclic) bond motifs is 5. The number of aromatic nitrogens is 5. The number of benzene rings is 2. The van der Waals surface area contributed by atoms with E-state index in [-0.39, 0.29) is 42.4 Å². The first-order chi connectivity index (χ1) is 23.2. The number of anilines is 1. The van der Waals surface area contributed by atoms with Crippen molar-refractivity contribution in [2.45, 2.75) is 31.9 Å². The van der Waals surface area contributed by atoms with Gasteiger partial charge in [-0.05, 0) is 76.3 Å². The summed E-state index contributed by atoms with van der Waals surface area (Å²) in [6.07, 6.45) is 3.89. The van der Waals surface area contributed by atoms with Gasteiger partial charge < -0.3 is 35.0 Å². The molecule has 1 saturated heterocycles. The Kier molecular flexibility index (Phi) is 7.22. The number of aliphatic hydroxyl groups excluding tert-OH is 1. The highest BCUT2D eigenvalue weighted by atomic mass is 16.5. The topological polar surface area (TPSA) is 172 Å². The summed E-state index contributed by atoms with van der Waals surface area (Å²) < 4.78 is 5.90. The molecule has 0 aliphatic carbocycles. The maximum atomic E-state index is 13.4. The predicted molar refractivity (Wildman–Crippen MR) is 181 cm³/mol. The molecule has 1 atom stereocenters. The Bertz CT molecular complexity index is 2240. The number of H-pyrrole nitrogens is 3. The lowest BCUT2D eigenvalue weighted by Crippen LogP contribution is -2.46. The first-order valence-electron chi connectivity index (χ1n) is 16.0. The van der Waals surface area contributed by atoms with Crippen LogP contribution in [0.1, 0.15) is 39.3 Å². The third kappa shape index (κ3) is 5.07. The Morgan fingerprint density at radius 1 is 1.00 bits per heavy atom. The van der Waals surface area contributed by atoms with Gasteiger partial charge in [0.1, 0.15) is 29.8 Å². The molecule has 2 aromatic carbocycles. The summed E-state index contributed by atoms with van der Waals surface area (Å²) in [4.78, 5) is 61.6. The van der Waals surface area contributed by atoms with E-state index < -0.39 is 11.7 Å². The van der Waals surface area contributed by atoms with Crippen molar-refractivity contribution >= 4 is 50.3 Å². The smallest absolute Gasteiger partial charge is 0.261 e. The van der Waals surface area contributed by atoms with Gasteiger partial charge in [-0.2, -0.15) is 0 Å². The van der Waals surface area contributed by atoms with Crippen molar-refractivity contribution in [1.29, 1.82) is 0 Å². The van der Waals surface area contributed by atoms with Gasteiger partial charge in [-0.15, -0.1) is 0 Å². The van der Waals surface area contributed by atoms with Gasteiger partial charge >= 0.3 is 0 Å². The van der Waals surface area contributed by atoms with E-state index in [9.17, 15) is 19.5 Å². The molecule has 6 aromatic rings. The lowest BCUT2D eigenvalue weighted by atomic mass is 10.0. The number of likely N-dealkylation sites (tertiary alicyclic amines) is 1. The maximum absolute atomic E-state index is 13.4. The predicted octanol–water partition coefficient (Wildman–Crippen LogP) is 3.80. The summed E-state index contributed by atoms with van der Waals surface area (Å²) in [7, 11) is 2.03. The fourth-order valence-corrected chi connectivity index (χ4v) is 6.84. The lowest BCUT2D eigenvalue weighted by molar-refractivity contribution is 0.0516. The van der Waals surface area contributed by atoms with E-state index in [1.807, 2.05) is 38.2 Å². The van der Waals surface area contributed by atoms with E-state index >= 15 is 0 Å². The zero-order chi connectivity index (χ0) is 33.1. The molecule has 4 aromatic heterocycles. The van der Waals surface area contributed by atoms with E-state index in [1.165, 1.54) is 11.1 Å². The fourth-order valence-electron chi connectivity index (χ4n) is 6.84. The molecule has 2 amide bonds. The third-order valence-corrected chi connectivity index (χ3v) is 9.42. The quantitative estimate of drug-likeness (QED) is 0.154. The Labute approximate surface area is 273 Å². The van der Waals surface area contributed by atoms with Gasteiger partial charge in [-0.25, -0.2) is 4.98 Å². The molecule has 2 aliphatic rings. The van der Waals surface area contributed by atoms with Crippen molar-refractivity contribution in [1.82, 2.24) is 34.7 Å². The molecular formula is C35H34N8O5. The number of nitrogens with one attached hydrogen (secondary N) is 4. The highest BCUT2D eigenvalue weighted by molar-refractivity contribution is 6.23. The van der Waals surface area contributed by atoms with Gasteiger partial charge in [-0.1, -0.05) is 0 Å². The van der Waals surface area contributed by atoms with E-state index in [4.69, 9.17) is 4.74 Å². The fraction of sp³-hybridized carbons (Fsp3) is 0.286. The molecule has 8 rings (SSSR count). The molecule has 1 fully saturated rings. The number of aliphatic hydroxyl groups is 1. The second-order valence-electron chi connectivity index (χ2n) is 12.6. The molecule has 0 saturated carbocycles. The van der Waals surface area contributed by atoms with Crippen molar-refractivity contribution in [3.8, 4) is 17.1 Å². The van der Waals surface area contributed by atoms with Crippen molar-refractivity contribution in [3.05, 3.63) is 82.0 Å². The van der Waals surface area contributed by atoms with Crippen LogP contribution in [0.2, 0.25) is 0 Å². The SMILES string of the molecule is Cc1nccc2c1[nH]c1cc(OCC(O)CNc3cc[nH]c(=O)c3-c3nc4cc5c(cc4[nH]3)C(=O)N(C3CCN(C)CC3)C5=O)ccc12. The van der Waals surface area contributed by atoms with Gasteiger partial charge in [0, 0.05) is 41.8 Å². The maximum Gasteiger partial charge on any atom is 0.261 e. The molecule has 48 heavy (non-hydrogen) atoms. The van der Waals surface area contributed by atoms with E-state index in [2.05, 4.69) is 35.1 Å². The molecular weight excluding hydrogens is 612 g/mol. The zero-order valence-corrected chi connectivity index (χ0v) is 26.5. The number of imidazole rings is 1. The molecule has 1 unspecified atom stereocenters. The highest BCUT2D eigenvalue weighted by Gasteiger charge is 2.41. The standard InChI is InChI=1S/C35H34N8O5/c1-18-31-23(5-9-36-18)22-4-3-21(13-27(22)39-31)48-17-20(44)16-38-26-6-10-37-33(45)30(26)32-40-28-14-24-25(15-29(28)41-32)35(47)43(34(24)46)19-7-11-42(2)12-8-19/h3-6,9-10,13-15,19-20,39,44H,7-8,11-12,16-17H2,1-2H3,(H,40,41)(H2,37,38,45). The van der Waals surface area contributed by atoms with Crippen molar-refractivity contribution < 1.29 is 19.4 Å². The number of imide groups is 1. The average Bonchev–Trinajstić information content (AvgIpc) is 3.74. The minimum absolute atomic E-state index is 0.0185. The van der Waals surface area contributed by atoms with Crippen LogP contribution in [0.25, 0.3) is 44.2 Å². The molecule has 0 spiro atoms. The number of aromatic amines is 3. The number of carbonyl (C=O) groups excluding carboxylic acids is 2. The number of nitrogens with zero attached hydrogens (tertiary/aromatic N) is 4. The Balaban J connectivity index is 0.976. The number of pyridine rings is 2. The number of rotatable bonds is 8. The Morgan fingerprint density at radius 3 is 2.60 bits per heavy atom. The summed E-state index contributed by atoms with van der Waals surface area (Å²) in [5.41, 5.74) is 4.77. The molecule has 13 nitrogen and oxygen atoms in total. The molecule has 0 bridgehead atoms. The third-order valence-electron chi connectivity index (χ3n) is 9.42. The van der Waals surface area contributed by atoms with Crippen molar-refractivity contribution in [2.24, 2.45) is 0 Å². The summed E-state index contributed by atoms with van der Waals surface area (Å²) in [6, 6.07) is 12.5. The number of hydrogen-bond acceptors (Lipinski definition) is 9. The van der Waals surface area contributed by atoms with E-state index in [1.54, 1.807) is 24.4 Å². The van der Waals surface area contributed by atoms with Gasteiger partial charge in [0.15, 0.2) is 0 Å².